The Balaban J connectivity index is 1.49. The van der Waals surface area contributed by atoms with Gasteiger partial charge in [0.2, 0.25) is 5.78 Å². The second-order valence-electron chi connectivity index (χ2n) is 7.21. The Hall–Kier alpha value is -3.86. The van der Waals surface area contributed by atoms with Crippen LogP contribution in [0.15, 0.2) is 72.8 Å². The normalized spacial score (nSPS) is 11.9. The Bertz CT molecular complexity index is 1220. The third-order valence-corrected chi connectivity index (χ3v) is 5.11. The van der Waals surface area contributed by atoms with Crippen molar-refractivity contribution >= 4 is 22.7 Å². The number of benzene rings is 3. The van der Waals surface area contributed by atoms with Crippen LogP contribution in [0.5, 0.6) is 5.75 Å². The quantitative estimate of drug-likeness (QED) is 0.354. The lowest BCUT2D eigenvalue weighted by Crippen LogP contribution is -2.24. The number of carbonyl (C=O) groups excluding carboxylic acids is 2. The molecule has 0 aliphatic heterocycles. The van der Waals surface area contributed by atoms with Crippen molar-refractivity contribution in [3.63, 3.8) is 0 Å². The number of H-pyrrole nitrogens is 1. The van der Waals surface area contributed by atoms with Crippen LogP contribution < -0.4 is 0 Å². The van der Waals surface area contributed by atoms with E-state index in [4.69, 9.17) is 4.74 Å². The van der Waals surface area contributed by atoms with Crippen LogP contribution in [0.1, 0.15) is 33.3 Å². The number of aromatic hydroxyl groups is 1. The molecule has 1 aromatic heterocycles. The predicted octanol–water partition coefficient (Wildman–Crippen LogP) is 5.28. The molecular formula is C25H21NO4. The van der Waals surface area contributed by atoms with E-state index in [1.807, 2.05) is 31.2 Å². The number of esters is 1. The summed E-state index contributed by atoms with van der Waals surface area (Å²) in [6.07, 6.45) is -0.910. The Morgan fingerprint density at radius 2 is 1.50 bits per heavy atom. The summed E-state index contributed by atoms with van der Waals surface area (Å²) in [4.78, 5) is 28.7. The number of phenols is 1. The summed E-state index contributed by atoms with van der Waals surface area (Å²) < 4.78 is 5.45. The molecule has 5 nitrogen and oxygen atoms in total. The van der Waals surface area contributed by atoms with E-state index in [2.05, 4.69) is 4.98 Å². The van der Waals surface area contributed by atoms with Crippen LogP contribution in [0.25, 0.3) is 22.0 Å². The number of rotatable bonds is 5. The number of hydrogen-bond acceptors (Lipinski definition) is 4. The smallest absolute Gasteiger partial charge is 0.338 e. The fourth-order valence-electron chi connectivity index (χ4n) is 3.53. The molecular weight excluding hydrogens is 378 g/mol. The number of hydrogen-bond donors (Lipinski definition) is 2. The number of phenolic OH excluding ortho intramolecular Hbond substituents is 1. The SMILES string of the molecule is Cc1[nH]c2ccccc2c1C(=O)[C@@H](C)OC(=O)c1ccc(-c2ccc(O)cc2)cc1. The van der Waals surface area contributed by atoms with Crippen LogP contribution in [-0.2, 0) is 4.74 Å². The standard InChI is InChI=1S/C25H21NO4/c1-15-23(21-5-3-4-6-22(21)26-15)24(28)16(2)30-25(29)19-9-7-17(8-10-19)18-11-13-20(27)14-12-18/h3-14,16,26-27H,1-2H3/t16-/m1/s1. The number of ketones is 1. The number of fused-ring (bicyclic) bond motifs is 1. The Labute approximate surface area is 173 Å². The minimum atomic E-state index is -0.910. The fourth-order valence-corrected chi connectivity index (χ4v) is 3.53. The number of aromatic amines is 1. The molecule has 0 saturated carbocycles. The van der Waals surface area contributed by atoms with E-state index in [-0.39, 0.29) is 11.5 Å². The molecule has 0 spiro atoms. The molecule has 3 aromatic carbocycles. The Kier molecular flexibility index (Phi) is 5.11. The van der Waals surface area contributed by atoms with Gasteiger partial charge in [0.15, 0.2) is 6.10 Å². The number of Topliss-reactive ketones (excluding diaryl/α,β-unsaturated/α-hetero) is 1. The molecule has 1 atom stereocenters. The Morgan fingerprint density at radius 3 is 2.17 bits per heavy atom. The van der Waals surface area contributed by atoms with Crippen LogP contribution in [0, 0.1) is 6.92 Å². The summed E-state index contributed by atoms with van der Waals surface area (Å²) in [5, 5.41) is 10.2. The number of nitrogens with one attached hydrogen (secondary N) is 1. The van der Waals surface area contributed by atoms with Gasteiger partial charge in [-0.15, -0.1) is 0 Å². The number of aryl methyl sites for hydroxylation is 1. The van der Waals surface area contributed by atoms with Gasteiger partial charge in [-0.1, -0.05) is 42.5 Å². The Morgan fingerprint density at radius 1 is 0.900 bits per heavy atom. The molecule has 2 N–H and O–H groups in total. The molecule has 4 rings (SSSR count). The van der Waals surface area contributed by atoms with Gasteiger partial charge in [0.05, 0.1) is 5.56 Å². The summed E-state index contributed by atoms with van der Waals surface area (Å²) in [7, 11) is 0. The second-order valence-corrected chi connectivity index (χ2v) is 7.21. The van der Waals surface area contributed by atoms with Crippen molar-refractivity contribution in [1.82, 2.24) is 4.98 Å². The van der Waals surface area contributed by atoms with Crippen LogP contribution in [-0.4, -0.2) is 27.9 Å². The largest absolute Gasteiger partial charge is 0.508 e. The molecule has 30 heavy (non-hydrogen) atoms. The molecule has 5 heteroatoms. The summed E-state index contributed by atoms with van der Waals surface area (Å²) in [5.74, 6) is -0.590. The number of aromatic nitrogens is 1. The van der Waals surface area contributed by atoms with E-state index in [9.17, 15) is 14.7 Å². The van der Waals surface area contributed by atoms with Gasteiger partial charge in [-0.05, 0) is 55.3 Å². The van der Waals surface area contributed by atoms with E-state index in [0.29, 0.717) is 11.1 Å². The van der Waals surface area contributed by atoms with Crippen molar-refractivity contribution in [2.45, 2.75) is 20.0 Å². The highest BCUT2D eigenvalue weighted by atomic mass is 16.5. The van der Waals surface area contributed by atoms with E-state index in [0.717, 1.165) is 27.7 Å². The van der Waals surface area contributed by atoms with E-state index >= 15 is 0 Å². The molecule has 1 heterocycles. The number of ether oxygens (including phenoxy) is 1. The monoisotopic (exact) mass is 399 g/mol. The van der Waals surface area contributed by atoms with Gasteiger partial charge in [0, 0.05) is 22.2 Å². The molecule has 0 fully saturated rings. The van der Waals surface area contributed by atoms with Crippen LogP contribution in [0.3, 0.4) is 0 Å². The van der Waals surface area contributed by atoms with Crippen molar-refractivity contribution in [2.24, 2.45) is 0 Å². The second kappa shape index (κ2) is 7.87. The minimum absolute atomic E-state index is 0.197. The first-order valence-electron chi connectivity index (χ1n) is 9.66. The first kappa shape index (κ1) is 19.5. The lowest BCUT2D eigenvalue weighted by atomic mass is 10.0. The van der Waals surface area contributed by atoms with Crippen molar-refractivity contribution in [2.75, 3.05) is 0 Å². The maximum atomic E-state index is 13.0. The van der Waals surface area contributed by atoms with Gasteiger partial charge >= 0.3 is 5.97 Å². The van der Waals surface area contributed by atoms with Gasteiger partial charge < -0.3 is 14.8 Å². The van der Waals surface area contributed by atoms with Crippen molar-refractivity contribution in [3.05, 3.63) is 89.6 Å². The number of carbonyl (C=O) groups is 2. The molecule has 150 valence electrons. The van der Waals surface area contributed by atoms with Crippen molar-refractivity contribution in [3.8, 4) is 16.9 Å². The molecule has 4 aromatic rings. The predicted molar refractivity (Wildman–Crippen MR) is 116 cm³/mol. The third-order valence-electron chi connectivity index (χ3n) is 5.11. The molecule has 0 aliphatic carbocycles. The van der Waals surface area contributed by atoms with E-state index in [1.165, 1.54) is 0 Å². The zero-order valence-corrected chi connectivity index (χ0v) is 16.7. The lowest BCUT2D eigenvalue weighted by Gasteiger charge is -2.13. The van der Waals surface area contributed by atoms with Crippen molar-refractivity contribution < 1.29 is 19.4 Å². The van der Waals surface area contributed by atoms with Gasteiger partial charge in [-0.25, -0.2) is 4.79 Å². The van der Waals surface area contributed by atoms with Crippen LogP contribution in [0.2, 0.25) is 0 Å². The van der Waals surface area contributed by atoms with E-state index in [1.54, 1.807) is 55.5 Å². The molecule has 0 radical (unpaired) electrons. The summed E-state index contributed by atoms with van der Waals surface area (Å²) in [6.45, 7) is 3.43. The van der Waals surface area contributed by atoms with E-state index < -0.39 is 12.1 Å². The molecule has 0 saturated heterocycles. The lowest BCUT2D eigenvalue weighted by molar-refractivity contribution is 0.0319. The maximum absolute atomic E-state index is 13.0. The summed E-state index contributed by atoms with van der Waals surface area (Å²) >= 11 is 0. The number of para-hydroxylation sites is 1. The molecule has 0 bridgehead atoms. The zero-order valence-electron chi connectivity index (χ0n) is 16.7. The first-order chi connectivity index (χ1) is 14.4. The van der Waals surface area contributed by atoms with Gasteiger partial charge in [-0.3, -0.25) is 4.79 Å². The van der Waals surface area contributed by atoms with Crippen molar-refractivity contribution in [1.29, 1.82) is 0 Å². The van der Waals surface area contributed by atoms with Crippen LogP contribution >= 0.6 is 0 Å². The molecule has 0 amide bonds. The molecule has 0 unspecified atom stereocenters. The van der Waals surface area contributed by atoms with Gasteiger partial charge in [-0.2, -0.15) is 0 Å². The third kappa shape index (κ3) is 3.70. The van der Waals surface area contributed by atoms with Gasteiger partial charge in [0.1, 0.15) is 5.75 Å². The highest BCUT2D eigenvalue weighted by molar-refractivity contribution is 6.11. The fraction of sp³-hybridized carbons (Fsp3) is 0.120. The molecule has 0 aliphatic rings. The average Bonchev–Trinajstić information content (AvgIpc) is 3.09. The highest BCUT2D eigenvalue weighted by Gasteiger charge is 2.24. The average molecular weight is 399 g/mol. The van der Waals surface area contributed by atoms with Crippen LogP contribution in [0.4, 0.5) is 0 Å². The van der Waals surface area contributed by atoms with Gasteiger partial charge in [0.25, 0.3) is 0 Å². The zero-order chi connectivity index (χ0) is 21.3. The maximum Gasteiger partial charge on any atom is 0.338 e. The summed E-state index contributed by atoms with van der Waals surface area (Å²) in [6, 6.07) is 21.3. The topological polar surface area (TPSA) is 79.4 Å². The first-order valence-corrected chi connectivity index (χ1v) is 9.66. The minimum Gasteiger partial charge on any atom is -0.508 e. The highest BCUT2D eigenvalue weighted by Crippen LogP contribution is 2.25. The summed E-state index contributed by atoms with van der Waals surface area (Å²) in [5.41, 5.74) is 4.38.